The lowest BCUT2D eigenvalue weighted by molar-refractivity contribution is -0.360. The van der Waals surface area contributed by atoms with Crippen LogP contribution in [0.1, 0.15) is 0 Å². The number of nitrogens with zero attached hydrogens (tertiary/aromatic N) is 3. The summed E-state index contributed by atoms with van der Waals surface area (Å²) in [5.41, 5.74) is 0.416. The monoisotopic (exact) mass is 308 g/mol. The van der Waals surface area contributed by atoms with E-state index in [1.165, 1.54) is 23.1 Å². The van der Waals surface area contributed by atoms with Crippen LogP contribution in [0.2, 0.25) is 0 Å². The molecular weight excluding hydrogens is 299 g/mol. The van der Waals surface area contributed by atoms with Crippen molar-refractivity contribution in [3.05, 3.63) is 30.6 Å². The molecule has 0 bridgehead atoms. The molecule has 0 radical (unpaired) electrons. The van der Waals surface area contributed by atoms with E-state index >= 15 is 0 Å². The average Bonchev–Trinajstić information content (AvgIpc) is 2.86. The molecule has 114 valence electrons. The molecule has 10 heteroatoms. The van der Waals surface area contributed by atoms with Crippen molar-refractivity contribution in [1.82, 2.24) is 14.8 Å². The second kappa shape index (κ2) is 5.19. The summed E-state index contributed by atoms with van der Waals surface area (Å²) >= 11 is 0. The third-order valence-electron chi connectivity index (χ3n) is 2.43. The third kappa shape index (κ3) is 3.03. The van der Waals surface area contributed by atoms with Crippen molar-refractivity contribution in [3.63, 3.8) is 0 Å². The van der Waals surface area contributed by atoms with Crippen LogP contribution in [0.5, 0.6) is 5.75 Å². The molecular formula is C11H9F5N4O. The summed E-state index contributed by atoms with van der Waals surface area (Å²) in [4.78, 5) is 3.87. The SMILES string of the molecule is CNc1ncnn1-c1ccc(OC(F)(F)C(F)(F)F)cc1. The average molecular weight is 308 g/mol. The number of nitrogens with one attached hydrogen (secondary N) is 1. The van der Waals surface area contributed by atoms with E-state index in [4.69, 9.17) is 0 Å². The third-order valence-corrected chi connectivity index (χ3v) is 2.43. The van der Waals surface area contributed by atoms with E-state index in [9.17, 15) is 22.0 Å². The highest BCUT2D eigenvalue weighted by Gasteiger charge is 2.61. The molecule has 0 saturated carbocycles. The van der Waals surface area contributed by atoms with Crippen molar-refractivity contribution in [2.24, 2.45) is 0 Å². The predicted octanol–water partition coefficient (Wildman–Crippen LogP) is 2.84. The Morgan fingerprint density at radius 3 is 2.24 bits per heavy atom. The van der Waals surface area contributed by atoms with Gasteiger partial charge in [-0.25, -0.2) is 0 Å². The number of hydrogen-bond donors (Lipinski definition) is 1. The summed E-state index contributed by atoms with van der Waals surface area (Å²) in [7, 11) is 1.60. The molecule has 1 N–H and O–H groups in total. The zero-order valence-electron chi connectivity index (χ0n) is 10.5. The van der Waals surface area contributed by atoms with Crippen LogP contribution in [0.25, 0.3) is 5.69 Å². The van der Waals surface area contributed by atoms with Crippen LogP contribution in [-0.2, 0) is 0 Å². The van der Waals surface area contributed by atoms with Crippen molar-refractivity contribution < 1.29 is 26.7 Å². The molecule has 0 amide bonds. The molecule has 2 rings (SSSR count). The van der Waals surface area contributed by atoms with Crippen LogP contribution in [-0.4, -0.2) is 34.1 Å². The van der Waals surface area contributed by atoms with Gasteiger partial charge in [0.2, 0.25) is 5.95 Å². The first-order valence-electron chi connectivity index (χ1n) is 5.56. The standard InChI is InChI=1S/C11H9F5N4O/c1-17-9-18-6-19-20(9)7-2-4-8(5-3-7)21-11(15,16)10(12,13)14/h2-6H,1H3,(H,17,18,19). The molecule has 0 atom stereocenters. The first kappa shape index (κ1) is 15.0. The van der Waals surface area contributed by atoms with Gasteiger partial charge < -0.3 is 10.1 Å². The molecule has 1 aromatic heterocycles. The van der Waals surface area contributed by atoms with Gasteiger partial charge in [-0.1, -0.05) is 0 Å². The Labute approximate surface area is 115 Å². The second-order valence-electron chi connectivity index (χ2n) is 3.86. The molecule has 0 aliphatic rings. The van der Waals surface area contributed by atoms with Gasteiger partial charge in [0.25, 0.3) is 0 Å². The largest absolute Gasteiger partial charge is 0.499 e. The maximum absolute atomic E-state index is 12.7. The van der Waals surface area contributed by atoms with Crippen LogP contribution in [0.3, 0.4) is 0 Å². The minimum Gasteiger partial charge on any atom is -0.426 e. The van der Waals surface area contributed by atoms with Crippen molar-refractivity contribution in [2.75, 3.05) is 12.4 Å². The Morgan fingerprint density at radius 1 is 1.10 bits per heavy atom. The normalized spacial score (nSPS) is 12.3. The molecule has 5 nitrogen and oxygen atoms in total. The van der Waals surface area contributed by atoms with E-state index in [-0.39, 0.29) is 0 Å². The van der Waals surface area contributed by atoms with Gasteiger partial charge in [0.05, 0.1) is 5.69 Å². The van der Waals surface area contributed by atoms with Gasteiger partial charge in [0, 0.05) is 7.05 Å². The van der Waals surface area contributed by atoms with E-state index < -0.39 is 18.0 Å². The fraction of sp³-hybridized carbons (Fsp3) is 0.273. The molecule has 0 unspecified atom stereocenters. The van der Waals surface area contributed by atoms with E-state index in [1.54, 1.807) is 7.05 Å². The number of alkyl halides is 5. The molecule has 0 saturated heterocycles. The van der Waals surface area contributed by atoms with Gasteiger partial charge in [-0.3, -0.25) is 0 Å². The zero-order chi connectivity index (χ0) is 15.7. The Kier molecular flexibility index (Phi) is 3.71. The minimum absolute atomic E-state index is 0.379. The fourth-order valence-electron chi connectivity index (χ4n) is 1.46. The lowest BCUT2D eigenvalue weighted by Crippen LogP contribution is -2.41. The lowest BCUT2D eigenvalue weighted by Gasteiger charge is -2.20. The number of anilines is 1. The maximum atomic E-state index is 12.7. The first-order chi connectivity index (χ1) is 9.74. The Bertz CT molecular complexity index is 608. The van der Waals surface area contributed by atoms with Crippen LogP contribution in [0, 0.1) is 0 Å². The Hall–Kier alpha value is -2.39. The molecule has 1 heterocycles. The molecule has 21 heavy (non-hydrogen) atoms. The number of rotatable bonds is 4. The fourth-order valence-corrected chi connectivity index (χ4v) is 1.46. The maximum Gasteiger partial charge on any atom is 0.499 e. The number of hydrogen-bond acceptors (Lipinski definition) is 4. The van der Waals surface area contributed by atoms with E-state index in [1.807, 2.05) is 0 Å². The van der Waals surface area contributed by atoms with Crippen LogP contribution in [0.4, 0.5) is 27.9 Å². The van der Waals surface area contributed by atoms with Gasteiger partial charge >= 0.3 is 12.3 Å². The molecule has 0 fully saturated rings. The highest BCUT2D eigenvalue weighted by molar-refractivity contribution is 5.42. The van der Waals surface area contributed by atoms with Gasteiger partial charge in [0.15, 0.2) is 0 Å². The van der Waals surface area contributed by atoms with Crippen molar-refractivity contribution in [3.8, 4) is 11.4 Å². The van der Waals surface area contributed by atoms with E-state index in [2.05, 4.69) is 20.1 Å². The highest BCUT2D eigenvalue weighted by Crippen LogP contribution is 2.37. The topological polar surface area (TPSA) is 52.0 Å². The van der Waals surface area contributed by atoms with Crippen LogP contribution in [0.15, 0.2) is 30.6 Å². The quantitative estimate of drug-likeness (QED) is 0.883. The summed E-state index contributed by atoms with van der Waals surface area (Å²) in [6.45, 7) is 0. The van der Waals surface area contributed by atoms with Crippen LogP contribution < -0.4 is 10.1 Å². The van der Waals surface area contributed by atoms with E-state index in [0.717, 1.165) is 12.1 Å². The highest BCUT2D eigenvalue weighted by atomic mass is 19.4. The predicted molar refractivity (Wildman–Crippen MR) is 62.5 cm³/mol. The number of aromatic nitrogens is 3. The van der Waals surface area contributed by atoms with E-state index in [0.29, 0.717) is 11.6 Å². The van der Waals surface area contributed by atoms with Gasteiger partial charge in [0.1, 0.15) is 12.1 Å². The second-order valence-corrected chi connectivity index (χ2v) is 3.86. The van der Waals surface area contributed by atoms with Gasteiger partial charge in [-0.05, 0) is 24.3 Å². The summed E-state index contributed by atoms with van der Waals surface area (Å²) in [6, 6.07) is 4.51. The molecule has 0 aliphatic carbocycles. The van der Waals surface area contributed by atoms with Crippen molar-refractivity contribution in [2.45, 2.75) is 12.3 Å². The smallest absolute Gasteiger partial charge is 0.426 e. The van der Waals surface area contributed by atoms with Crippen molar-refractivity contribution >= 4 is 5.95 Å². The Balaban J connectivity index is 2.20. The van der Waals surface area contributed by atoms with Gasteiger partial charge in [-0.2, -0.15) is 36.7 Å². The first-order valence-corrected chi connectivity index (χ1v) is 5.56. The Morgan fingerprint density at radius 2 is 1.71 bits per heavy atom. The molecule has 0 spiro atoms. The molecule has 1 aromatic carbocycles. The van der Waals surface area contributed by atoms with Crippen LogP contribution >= 0.6 is 0 Å². The lowest BCUT2D eigenvalue weighted by atomic mass is 10.3. The summed E-state index contributed by atoms with van der Waals surface area (Å²) in [5, 5.41) is 6.61. The minimum atomic E-state index is -5.78. The summed E-state index contributed by atoms with van der Waals surface area (Å²) in [6.07, 6.45) is -9.77. The summed E-state index contributed by atoms with van der Waals surface area (Å²) < 4.78 is 66.5. The number of halogens is 5. The molecule has 2 aromatic rings. The number of benzene rings is 1. The number of ether oxygens (including phenoxy) is 1. The van der Waals surface area contributed by atoms with Gasteiger partial charge in [-0.15, -0.1) is 0 Å². The van der Waals surface area contributed by atoms with Crippen molar-refractivity contribution in [1.29, 1.82) is 0 Å². The molecule has 0 aliphatic heterocycles. The summed E-state index contributed by atoms with van der Waals surface area (Å²) in [5.74, 6) is -0.239. The zero-order valence-corrected chi connectivity index (χ0v) is 10.5.